The van der Waals surface area contributed by atoms with Gasteiger partial charge in [0.25, 0.3) is 5.91 Å². The van der Waals surface area contributed by atoms with E-state index in [9.17, 15) is 9.59 Å². The van der Waals surface area contributed by atoms with Crippen molar-refractivity contribution in [3.63, 3.8) is 0 Å². The lowest BCUT2D eigenvalue weighted by Gasteiger charge is -2.28. The van der Waals surface area contributed by atoms with E-state index < -0.39 is 12.1 Å². The molecule has 2 aliphatic rings. The Morgan fingerprint density at radius 1 is 1.38 bits per heavy atom. The number of aromatic nitrogens is 2. The van der Waals surface area contributed by atoms with E-state index in [4.69, 9.17) is 4.74 Å². The second kappa shape index (κ2) is 5.78. The van der Waals surface area contributed by atoms with Crippen LogP contribution in [0.4, 0.5) is 0 Å². The third-order valence-electron chi connectivity index (χ3n) is 4.64. The van der Waals surface area contributed by atoms with Gasteiger partial charge in [-0.05, 0) is 25.0 Å². The second-order valence-electron chi connectivity index (χ2n) is 6.45. The zero-order valence-corrected chi connectivity index (χ0v) is 13.5. The van der Waals surface area contributed by atoms with Gasteiger partial charge in [0, 0.05) is 31.6 Å². The number of cyclic esters (lactones) is 1. The molecule has 124 valence electrons. The lowest BCUT2D eigenvalue weighted by Crippen LogP contribution is -2.48. The fraction of sp³-hybridized carbons (Fsp3) is 0.389. The van der Waals surface area contributed by atoms with Crippen molar-refractivity contribution >= 4 is 11.9 Å². The molecule has 0 fully saturated rings. The number of aryl methyl sites for hydroxylation is 2. The molecule has 2 atom stereocenters. The third-order valence-corrected chi connectivity index (χ3v) is 4.64. The van der Waals surface area contributed by atoms with Crippen molar-refractivity contribution in [2.45, 2.75) is 44.9 Å². The van der Waals surface area contributed by atoms with Gasteiger partial charge >= 0.3 is 5.97 Å². The number of carbonyl (C=O) groups is 2. The number of hydrogen-bond acceptors (Lipinski definition) is 4. The molecule has 0 bridgehead atoms. The molecule has 0 saturated carbocycles. The lowest BCUT2D eigenvalue weighted by molar-refractivity contribution is -0.131. The molecule has 0 aliphatic carbocycles. The Morgan fingerprint density at radius 2 is 2.21 bits per heavy atom. The largest absolute Gasteiger partial charge is 0.448 e. The first-order valence-electron chi connectivity index (χ1n) is 8.22. The van der Waals surface area contributed by atoms with Crippen LogP contribution in [0.3, 0.4) is 0 Å². The van der Waals surface area contributed by atoms with Gasteiger partial charge in [0.05, 0.1) is 11.3 Å². The summed E-state index contributed by atoms with van der Waals surface area (Å²) in [6, 6.07) is 7.31. The summed E-state index contributed by atoms with van der Waals surface area (Å²) in [4.78, 5) is 29.0. The predicted molar refractivity (Wildman–Crippen MR) is 86.6 cm³/mol. The van der Waals surface area contributed by atoms with Gasteiger partial charge < -0.3 is 14.6 Å². The highest BCUT2D eigenvalue weighted by Gasteiger charge is 2.32. The fourth-order valence-electron chi connectivity index (χ4n) is 3.48. The maximum absolute atomic E-state index is 12.5. The summed E-state index contributed by atoms with van der Waals surface area (Å²) in [5.41, 5.74) is 2.41. The number of benzene rings is 1. The van der Waals surface area contributed by atoms with Crippen LogP contribution in [-0.4, -0.2) is 33.6 Å². The van der Waals surface area contributed by atoms with Crippen LogP contribution in [0.5, 0.6) is 0 Å². The van der Waals surface area contributed by atoms with Gasteiger partial charge in [-0.15, -0.1) is 0 Å². The van der Waals surface area contributed by atoms with E-state index in [1.54, 1.807) is 12.1 Å². The molecule has 0 spiro atoms. The topological polar surface area (TPSA) is 73.2 Å². The molecule has 0 radical (unpaired) electrons. The van der Waals surface area contributed by atoms with E-state index in [1.165, 1.54) is 0 Å². The van der Waals surface area contributed by atoms with E-state index in [2.05, 4.69) is 14.9 Å². The summed E-state index contributed by atoms with van der Waals surface area (Å²) in [5, 5.41) is 3.03. The Bertz CT molecular complexity index is 812. The summed E-state index contributed by atoms with van der Waals surface area (Å²) >= 11 is 0. The first-order chi connectivity index (χ1) is 11.6. The quantitative estimate of drug-likeness (QED) is 0.847. The monoisotopic (exact) mass is 325 g/mol. The van der Waals surface area contributed by atoms with Crippen LogP contribution in [0, 0.1) is 6.92 Å². The van der Waals surface area contributed by atoms with Crippen LogP contribution in [0.1, 0.15) is 33.9 Å². The molecule has 4 rings (SSSR count). The Morgan fingerprint density at radius 3 is 3.08 bits per heavy atom. The minimum atomic E-state index is -0.752. The molecule has 0 saturated heterocycles. The predicted octanol–water partition coefficient (Wildman–Crippen LogP) is 1.40. The molecule has 2 aliphatic heterocycles. The molecule has 6 heteroatoms. The Labute approximate surface area is 139 Å². The minimum Gasteiger partial charge on any atom is -0.448 e. The molecule has 6 nitrogen and oxygen atoms in total. The van der Waals surface area contributed by atoms with Crippen molar-refractivity contribution < 1.29 is 14.3 Å². The summed E-state index contributed by atoms with van der Waals surface area (Å²) in [6.07, 6.45) is 3.37. The van der Waals surface area contributed by atoms with Crippen molar-refractivity contribution in [3.05, 3.63) is 53.1 Å². The van der Waals surface area contributed by atoms with Crippen LogP contribution in [0.25, 0.3) is 0 Å². The molecular formula is C18H19N3O3. The SMILES string of the molecule is Cc1cn2c(n1)CC[C@@H](NC(=O)[C@H]1Cc3ccccc3C(=O)O1)C2. The van der Waals surface area contributed by atoms with E-state index in [1.807, 2.05) is 25.3 Å². The molecular weight excluding hydrogens is 306 g/mol. The maximum atomic E-state index is 12.5. The number of amides is 1. The molecule has 2 aromatic rings. The molecule has 24 heavy (non-hydrogen) atoms. The highest BCUT2D eigenvalue weighted by molar-refractivity contribution is 5.95. The van der Waals surface area contributed by atoms with Gasteiger partial charge in [0.15, 0.2) is 6.10 Å². The highest BCUT2D eigenvalue weighted by atomic mass is 16.5. The average Bonchev–Trinajstić information content (AvgIpc) is 2.94. The first-order valence-corrected chi connectivity index (χ1v) is 8.22. The van der Waals surface area contributed by atoms with Crippen molar-refractivity contribution in [3.8, 4) is 0 Å². The maximum Gasteiger partial charge on any atom is 0.339 e. The number of esters is 1. The van der Waals surface area contributed by atoms with E-state index >= 15 is 0 Å². The van der Waals surface area contributed by atoms with Gasteiger partial charge in [-0.2, -0.15) is 0 Å². The van der Waals surface area contributed by atoms with E-state index in [0.717, 1.165) is 29.9 Å². The van der Waals surface area contributed by atoms with E-state index in [-0.39, 0.29) is 11.9 Å². The second-order valence-corrected chi connectivity index (χ2v) is 6.45. The zero-order valence-electron chi connectivity index (χ0n) is 13.5. The smallest absolute Gasteiger partial charge is 0.339 e. The van der Waals surface area contributed by atoms with Crippen molar-refractivity contribution in [1.29, 1.82) is 0 Å². The Kier molecular flexibility index (Phi) is 3.59. The lowest BCUT2D eigenvalue weighted by atomic mass is 9.98. The number of imidazole rings is 1. The van der Waals surface area contributed by atoms with Crippen molar-refractivity contribution in [2.75, 3.05) is 0 Å². The number of nitrogens with zero attached hydrogens (tertiary/aromatic N) is 2. The molecule has 1 N–H and O–H groups in total. The normalized spacial score (nSPS) is 22.3. The van der Waals surface area contributed by atoms with Crippen LogP contribution in [0.2, 0.25) is 0 Å². The summed E-state index contributed by atoms with van der Waals surface area (Å²) in [6.45, 7) is 2.68. The number of hydrogen-bond donors (Lipinski definition) is 1. The number of fused-ring (bicyclic) bond motifs is 2. The number of carbonyl (C=O) groups excluding carboxylic acids is 2. The number of rotatable bonds is 2. The molecule has 1 aromatic heterocycles. The Balaban J connectivity index is 1.43. The van der Waals surface area contributed by atoms with Gasteiger partial charge in [0.1, 0.15) is 5.82 Å². The van der Waals surface area contributed by atoms with Crippen LogP contribution in [-0.2, 0) is 28.9 Å². The van der Waals surface area contributed by atoms with Crippen LogP contribution < -0.4 is 5.32 Å². The van der Waals surface area contributed by atoms with Gasteiger partial charge in [-0.25, -0.2) is 9.78 Å². The summed E-state index contributed by atoms with van der Waals surface area (Å²) < 4.78 is 7.41. The standard InChI is InChI=1S/C18H19N3O3/c1-11-9-21-10-13(6-7-16(21)19-11)20-17(22)15-8-12-4-2-3-5-14(12)18(23)24-15/h2-5,9,13,15H,6-8,10H2,1H3,(H,20,22)/t13-,15-/m1/s1. The molecule has 0 unspecified atom stereocenters. The molecule has 1 amide bonds. The number of nitrogens with one attached hydrogen (secondary N) is 1. The minimum absolute atomic E-state index is 0.0365. The van der Waals surface area contributed by atoms with Gasteiger partial charge in [-0.1, -0.05) is 18.2 Å². The van der Waals surface area contributed by atoms with Crippen molar-refractivity contribution in [1.82, 2.24) is 14.9 Å². The van der Waals surface area contributed by atoms with Gasteiger partial charge in [-0.3, -0.25) is 4.79 Å². The third kappa shape index (κ3) is 2.68. The molecule has 1 aromatic carbocycles. The first kappa shape index (κ1) is 14.9. The van der Waals surface area contributed by atoms with E-state index in [0.29, 0.717) is 18.5 Å². The van der Waals surface area contributed by atoms with Crippen LogP contribution in [0.15, 0.2) is 30.5 Å². The van der Waals surface area contributed by atoms with Gasteiger partial charge in [0.2, 0.25) is 0 Å². The Hall–Kier alpha value is -2.63. The summed E-state index contributed by atoms with van der Waals surface area (Å²) in [5.74, 6) is 0.423. The highest BCUT2D eigenvalue weighted by Crippen LogP contribution is 2.21. The summed E-state index contributed by atoms with van der Waals surface area (Å²) in [7, 11) is 0. The average molecular weight is 325 g/mol. The number of ether oxygens (including phenoxy) is 1. The molecule has 3 heterocycles. The zero-order chi connectivity index (χ0) is 16.7. The fourth-order valence-corrected chi connectivity index (χ4v) is 3.48. The van der Waals surface area contributed by atoms with Crippen LogP contribution >= 0.6 is 0 Å². The van der Waals surface area contributed by atoms with Crippen molar-refractivity contribution in [2.24, 2.45) is 0 Å².